The largest absolute Gasteiger partial charge is 0.507 e. The maximum absolute atomic E-state index is 12.2. The van der Waals surface area contributed by atoms with Gasteiger partial charge in [0.15, 0.2) is 5.43 Å². The average Bonchev–Trinajstić information content (AvgIpc) is 2.49. The summed E-state index contributed by atoms with van der Waals surface area (Å²) < 4.78 is 10.7. The molecule has 0 radical (unpaired) electrons. The molecule has 6 nitrogen and oxygen atoms in total. The Hall–Kier alpha value is -2.57. The number of rotatable bonds is 2. The van der Waals surface area contributed by atoms with E-state index in [4.69, 9.17) is 9.15 Å². The minimum absolute atomic E-state index is 0.0607. The Morgan fingerprint density at radius 3 is 2.64 bits per heavy atom. The Morgan fingerprint density at radius 1 is 1.18 bits per heavy atom. The number of benzene rings is 1. The fourth-order valence-electron chi connectivity index (χ4n) is 2.32. The van der Waals surface area contributed by atoms with E-state index in [9.17, 15) is 20.1 Å². The summed E-state index contributed by atoms with van der Waals surface area (Å²) in [4.78, 5) is 12.2. The molecule has 0 fully saturated rings. The van der Waals surface area contributed by atoms with Crippen LogP contribution in [0.2, 0.25) is 0 Å². The molecule has 0 saturated heterocycles. The molecule has 2 unspecified atom stereocenters. The smallest absolute Gasteiger partial charge is 0.197 e. The number of fused-ring (bicyclic) bond motifs is 1. The van der Waals surface area contributed by atoms with Crippen LogP contribution in [-0.2, 0) is 0 Å². The summed E-state index contributed by atoms with van der Waals surface area (Å²) in [7, 11) is 1.44. The predicted octanol–water partition coefficient (Wildman–Crippen LogP) is 1.18. The van der Waals surface area contributed by atoms with E-state index >= 15 is 0 Å². The number of hydrogen-bond donors (Lipinski definition) is 3. The zero-order valence-electron chi connectivity index (χ0n) is 11.7. The minimum atomic E-state index is -1.07. The van der Waals surface area contributed by atoms with Crippen LogP contribution in [0.25, 0.3) is 16.5 Å². The molecule has 1 aromatic carbocycles. The molecule has 0 amide bonds. The van der Waals surface area contributed by atoms with Crippen LogP contribution >= 0.6 is 0 Å². The van der Waals surface area contributed by atoms with Crippen LogP contribution in [0.4, 0.5) is 0 Å². The molecule has 0 saturated carbocycles. The van der Waals surface area contributed by atoms with Gasteiger partial charge in [-0.2, -0.15) is 0 Å². The Bertz CT molecular complexity index is 846. The Balaban J connectivity index is 2.19. The van der Waals surface area contributed by atoms with Crippen molar-refractivity contribution in [2.24, 2.45) is 0 Å². The number of phenolic OH excluding ortho intramolecular Hbond substituents is 1. The van der Waals surface area contributed by atoms with Gasteiger partial charge in [0.25, 0.3) is 0 Å². The summed E-state index contributed by atoms with van der Waals surface area (Å²) >= 11 is 0. The Morgan fingerprint density at radius 2 is 1.95 bits per heavy atom. The first-order valence-corrected chi connectivity index (χ1v) is 6.61. The van der Waals surface area contributed by atoms with E-state index in [0.717, 1.165) is 0 Å². The first-order chi connectivity index (χ1) is 10.5. The van der Waals surface area contributed by atoms with Crippen molar-refractivity contribution in [2.75, 3.05) is 7.11 Å². The van der Waals surface area contributed by atoms with Crippen LogP contribution < -0.4 is 10.2 Å². The number of allylic oxidation sites excluding steroid dienone is 2. The van der Waals surface area contributed by atoms with Gasteiger partial charge in [-0.3, -0.25) is 4.79 Å². The van der Waals surface area contributed by atoms with Crippen molar-refractivity contribution in [2.45, 2.75) is 12.2 Å². The van der Waals surface area contributed by atoms with E-state index < -0.39 is 17.6 Å². The monoisotopic (exact) mass is 302 g/mol. The van der Waals surface area contributed by atoms with Gasteiger partial charge in [0.2, 0.25) is 0 Å². The lowest BCUT2D eigenvalue weighted by molar-refractivity contribution is 0.0798. The first kappa shape index (κ1) is 14.4. The van der Waals surface area contributed by atoms with Crippen molar-refractivity contribution >= 4 is 16.5 Å². The second-order valence-electron chi connectivity index (χ2n) is 4.96. The summed E-state index contributed by atoms with van der Waals surface area (Å²) in [6.45, 7) is 0. The number of aliphatic hydroxyl groups is 2. The van der Waals surface area contributed by atoms with Crippen LogP contribution in [0.3, 0.4) is 0 Å². The highest BCUT2D eigenvalue weighted by atomic mass is 16.5. The van der Waals surface area contributed by atoms with E-state index in [1.54, 1.807) is 6.08 Å². The highest BCUT2D eigenvalue weighted by Gasteiger charge is 2.19. The van der Waals surface area contributed by atoms with Gasteiger partial charge < -0.3 is 24.5 Å². The minimum Gasteiger partial charge on any atom is -0.507 e. The number of aliphatic hydroxyl groups excluding tert-OH is 2. The van der Waals surface area contributed by atoms with Crippen molar-refractivity contribution in [1.82, 2.24) is 0 Å². The first-order valence-electron chi connectivity index (χ1n) is 6.61. The molecule has 6 heteroatoms. The van der Waals surface area contributed by atoms with Gasteiger partial charge in [-0.25, -0.2) is 0 Å². The summed E-state index contributed by atoms with van der Waals surface area (Å²) in [5.41, 5.74) is 0.236. The third-order valence-corrected chi connectivity index (χ3v) is 3.48. The van der Waals surface area contributed by atoms with Crippen molar-refractivity contribution in [1.29, 1.82) is 0 Å². The van der Waals surface area contributed by atoms with Crippen molar-refractivity contribution < 1.29 is 24.5 Å². The standard InChI is InChI=1S/C16H14O6/c1-21-9-5-12(19)16-13(20)7-14(22-15(16)6-9)8-2-3-10(17)11(18)4-8/h2-7,10-11,17-19H,1H3. The molecule has 1 aromatic heterocycles. The van der Waals surface area contributed by atoms with Crippen molar-refractivity contribution in [3.8, 4) is 11.5 Å². The van der Waals surface area contributed by atoms with Crippen LogP contribution in [-0.4, -0.2) is 34.6 Å². The lowest BCUT2D eigenvalue weighted by atomic mass is 10.00. The molecule has 2 atom stereocenters. The molecule has 114 valence electrons. The number of aromatic hydroxyl groups is 1. The number of methoxy groups -OCH3 is 1. The zero-order chi connectivity index (χ0) is 15.9. The van der Waals surface area contributed by atoms with Gasteiger partial charge in [-0.15, -0.1) is 0 Å². The number of phenols is 1. The lowest BCUT2D eigenvalue weighted by Crippen LogP contribution is -2.23. The average molecular weight is 302 g/mol. The van der Waals surface area contributed by atoms with Crippen LogP contribution in [0, 0.1) is 0 Å². The molecule has 3 rings (SSSR count). The van der Waals surface area contributed by atoms with Gasteiger partial charge in [0.05, 0.1) is 7.11 Å². The maximum atomic E-state index is 12.2. The van der Waals surface area contributed by atoms with Gasteiger partial charge >= 0.3 is 0 Å². The third kappa shape index (κ3) is 2.38. The molecule has 0 bridgehead atoms. The van der Waals surface area contributed by atoms with Gasteiger partial charge in [-0.05, 0) is 6.08 Å². The Labute approximate surface area is 125 Å². The van der Waals surface area contributed by atoms with E-state index in [1.165, 1.54) is 37.5 Å². The van der Waals surface area contributed by atoms with Crippen LogP contribution in [0.1, 0.15) is 5.76 Å². The predicted molar refractivity (Wildman–Crippen MR) is 79.8 cm³/mol. The molecule has 2 aromatic rings. The summed E-state index contributed by atoms with van der Waals surface area (Å²) in [6.07, 6.45) is 2.31. The topological polar surface area (TPSA) is 100 Å². The summed E-state index contributed by atoms with van der Waals surface area (Å²) in [5.74, 6) is 0.361. The van der Waals surface area contributed by atoms with Crippen LogP contribution in [0.5, 0.6) is 11.5 Å². The van der Waals surface area contributed by atoms with Crippen LogP contribution in [0.15, 0.2) is 45.6 Å². The van der Waals surface area contributed by atoms with Gasteiger partial charge in [0, 0.05) is 23.8 Å². The van der Waals surface area contributed by atoms with Crippen molar-refractivity contribution in [3.63, 3.8) is 0 Å². The molecule has 1 aliphatic carbocycles. The fraction of sp³-hybridized carbons (Fsp3) is 0.188. The molecular weight excluding hydrogens is 288 g/mol. The molecule has 22 heavy (non-hydrogen) atoms. The molecule has 0 spiro atoms. The van der Waals surface area contributed by atoms with Crippen molar-refractivity contribution in [3.05, 3.63) is 52.4 Å². The van der Waals surface area contributed by atoms with E-state index in [2.05, 4.69) is 0 Å². The molecule has 0 aliphatic heterocycles. The Kier molecular flexibility index (Phi) is 3.48. The number of ether oxygens (including phenoxy) is 1. The SMILES string of the molecule is COc1cc(O)c2c(=O)cc(C3=CC(O)C(O)C=C3)oc2c1. The molecule has 1 aliphatic rings. The van der Waals surface area contributed by atoms with E-state index in [1.807, 2.05) is 0 Å². The van der Waals surface area contributed by atoms with E-state index in [-0.39, 0.29) is 22.5 Å². The second kappa shape index (κ2) is 5.32. The summed E-state index contributed by atoms with van der Waals surface area (Å²) in [6, 6.07) is 4.06. The molecular formula is C16H14O6. The fourth-order valence-corrected chi connectivity index (χ4v) is 2.32. The highest BCUT2D eigenvalue weighted by Crippen LogP contribution is 2.30. The maximum Gasteiger partial charge on any atom is 0.197 e. The summed E-state index contributed by atoms with van der Waals surface area (Å²) in [5, 5.41) is 29.1. The zero-order valence-corrected chi connectivity index (χ0v) is 11.7. The molecule has 3 N–H and O–H groups in total. The normalized spacial score (nSPS) is 21.0. The van der Waals surface area contributed by atoms with Gasteiger partial charge in [0.1, 0.15) is 40.4 Å². The lowest BCUT2D eigenvalue weighted by Gasteiger charge is -2.16. The van der Waals surface area contributed by atoms with Gasteiger partial charge in [-0.1, -0.05) is 12.2 Å². The molecule has 1 heterocycles. The third-order valence-electron chi connectivity index (χ3n) is 3.48. The quantitative estimate of drug-likeness (QED) is 0.770. The highest BCUT2D eigenvalue weighted by molar-refractivity contribution is 5.86. The second-order valence-corrected chi connectivity index (χ2v) is 4.96. The number of hydrogen-bond acceptors (Lipinski definition) is 6. The van der Waals surface area contributed by atoms with E-state index in [0.29, 0.717) is 11.3 Å².